The number of amides is 1. The number of carboxylic acids is 1. The summed E-state index contributed by atoms with van der Waals surface area (Å²) in [6.07, 6.45) is -1.37. The smallest absolute Gasteiger partial charge is 0.329 e. The van der Waals surface area contributed by atoms with Gasteiger partial charge in [-0.1, -0.05) is 18.2 Å². The topological polar surface area (TPSA) is 95.9 Å². The van der Waals surface area contributed by atoms with Gasteiger partial charge in [-0.25, -0.2) is 4.79 Å². The van der Waals surface area contributed by atoms with Gasteiger partial charge in [-0.05, 0) is 29.1 Å². The predicted molar refractivity (Wildman–Crippen MR) is 81.2 cm³/mol. The fraction of sp³-hybridized carbons (Fsp3) is 0.200. The van der Waals surface area contributed by atoms with Crippen molar-refractivity contribution >= 4 is 23.2 Å². The molecule has 6 nitrogen and oxygen atoms in total. The Morgan fingerprint density at radius 1 is 1.23 bits per heavy atom. The minimum Gasteiger partial charge on any atom is -0.497 e. The monoisotopic (exact) mass is 321 g/mol. The van der Waals surface area contributed by atoms with Gasteiger partial charge in [0.15, 0.2) is 6.04 Å². The van der Waals surface area contributed by atoms with Crippen molar-refractivity contribution < 1.29 is 24.5 Å². The standard InChI is InChI=1S/C15H15NO5S/c1-21-10-6-4-9(5-7-10)13(17)12(15(19)20)16-14(18)11-3-2-8-22-11/h2-8,12-13,17H,1H3,(H,16,18)(H,19,20). The number of aliphatic carboxylic acids is 1. The van der Waals surface area contributed by atoms with Crippen molar-refractivity contribution in [2.75, 3.05) is 7.11 Å². The van der Waals surface area contributed by atoms with Crippen LogP contribution in [-0.4, -0.2) is 35.2 Å². The zero-order valence-corrected chi connectivity index (χ0v) is 12.5. The van der Waals surface area contributed by atoms with Crippen LogP contribution in [0.5, 0.6) is 5.75 Å². The number of thiophene rings is 1. The Morgan fingerprint density at radius 2 is 1.91 bits per heavy atom. The van der Waals surface area contributed by atoms with E-state index < -0.39 is 24.0 Å². The number of methoxy groups -OCH3 is 1. The van der Waals surface area contributed by atoms with Crippen LogP contribution in [0.3, 0.4) is 0 Å². The van der Waals surface area contributed by atoms with Gasteiger partial charge in [0.2, 0.25) is 0 Å². The van der Waals surface area contributed by atoms with Crippen molar-refractivity contribution in [3.63, 3.8) is 0 Å². The third-order valence-corrected chi connectivity index (χ3v) is 3.94. The third-order valence-electron chi connectivity index (χ3n) is 3.07. The van der Waals surface area contributed by atoms with E-state index in [0.29, 0.717) is 16.2 Å². The Hall–Kier alpha value is -2.38. The maximum Gasteiger partial charge on any atom is 0.329 e. The zero-order valence-electron chi connectivity index (χ0n) is 11.7. The van der Waals surface area contributed by atoms with E-state index in [-0.39, 0.29) is 0 Å². The minimum atomic E-state index is -1.44. The van der Waals surface area contributed by atoms with Crippen LogP contribution in [0.25, 0.3) is 0 Å². The quantitative estimate of drug-likeness (QED) is 0.752. The van der Waals surface area contributed by atoms with E-state index in [1.54, 1.807) is 41.8 Å². The Labute approximate surface area is 131 Å². The molecular formula is C15H15NO5S. The van der Waals surface area contributed by atoms with E-state index in [1.165, 1.54) is 18.4 Å². The van der Waals surface area contributed by atoms with Gasteiger partial charge >= 0.3 is 5.97 Å². The second-order valence-corrected chi connectivity index (χ2v) is 5.43. The molecule has 7 heteroatoms. The van der Waals surface area contributed by atoms with Gasteiger partial charge in [0, 0.05) is 0 Å². The summed E-state index contributed by atoms with van der Waals surface area (Å²) in [6.45, 7) is 0. The van der Waals surface area contributed by atoms with Crippen LogP contribution in [0.2, 0.25) is 0 Å². The van der Waals surface area contributed by atoms with E-state index >= 15 is 0 Å². The first-order chi connectivity index (χ1) is 10.5. The summed E-state index contributed by atoms with van der Waals surface area (Å²) >= 11 is 1.19. The molecule has 0 bridgehead atoms. The van der Waals surface area contributed by atoms with Crippen molar-refractivity contribution in [1.29, 1.82) is 0 Å². The Morgan fingerprint density at radius 3 is 2.41 bits per heavy atom. The third kappa shape index (κ3) is 3.63. The molecule has 1 aromatic carbocycles. The highest BCUT2D eigenvalue weighted by atomic mass is 32.1. The highest BCUT2D eigenvalue weighted by Crippen LogP contribution is 2.21. The van der Waals surface area contributed by atoms with Crippen LogP contribution in [0.4, 0.5) is 0 Å². The highest BCUT2D eigenvalue weighted by Gasteiger charge is 2.30. The normalized spacial score (nSPS) is 13.2. The maximum absolute atomic E-state index is 12.0. The molecule has 1 heterocycles. The molecule has 2 atom stereocenters. The molecular weight excluding hydrogens is 306 g/mol. The number of rotatable bonds is 6. The van der Waals surface area contributed by atoms with Gasteiger partial charge < -0.3 is 20.3 Å². The van der Waals surface area contributed by atoms with Crippen LogP contribution < -0.4 is 10.1 Å². The first-order valence-corrected chi connectivity index (χ1v) is 7.30. The summed E-state index contributed by atoms with van der Waals surface area (Å²) in [5.41, 5.74) is 0.375. The first kappa shape index (κ1) is 16.0. The van der Waals surface area contributed by atoms with Gasteiger partial charge in [-0.3, -0.25) is 4.79 Å². The summed E-state index contributed by atoms with van der Waals surface area (Å²) in [6, 6.07) is 8.15. The lowest BCUT2D eigenvalue weighted by atomic mass is 10.0. The molecule has 2 unspecified atom stereocenters. The lowest BCUT2D eigenvalue weighted by Gasteiger charge is -2.20. The van der Waals surface area contributed by atoms with Gasteiger partial charge in [0.1, 0.15) is 11.9 Å². The maximum atomic E-state index is 12.0. The molecule has 1 amide bonds. The molecule has 0 aliphatic rings. The molecule has 3 N–H and O–H groups in total. The van der Waals surface area contributed by atoms with E-state index in [4.69, 9.17) is 4.74 Å². The lowest BCUT2D eigenvalue weighted by molar-refractivity contribution is -0.142. The van der Waals surface area contributed by atoms with E-state index in [2.05, 4.69) is 5.32 Å². The molecule has 0 saturated carbocycles. The minimum absolute atomic E-state index is 0.375. The highest BCUT2D eigenvalue weighted by molar-refractivity contribution is 7.12. The summed E-state index contributed by atoms with van der Waals surface area (Å²) in [5, 5.41) is 23.5. The van der Waals surface area contributed by atoms with Crippen molar-refractivity contribution in [3.05, 3.63) is 52.2 Å². The molecule has 0 radical (unpaired) electrons. The molecule has 0 aliphatic heterocycles. The first-order valence-electron chi connectivity index (χ1n) is 6.42. The molecule has 2 rings (SSSR count). The average Bonchev–Trinajstić information content (AvgIpc) is 3.06. The van der Waals surface area contributed by atoms with Crippen molar-refractivity contribution in [2.45, 2.75) is 12.1 Å². The fourth-order valence-electron chi connectivity index (χ4n) is 1.89. The summed E-state index contributed by atoms with van der Waals surface area (Å²) in [7, 11) is 1.51. The van der Waals surface area contributed by atoms with Crippen LogP contribution >= 0.6 is 11.3 Å². The van der Waals surface area contributed by atoms with Crippen molar-refractivity contribution in [1.82, 2.24) is 5.32 Å². The molecule has 0 saturated heterocycles. The molecule has 1 aromatic heterocycles. The number of benzene rings is 1. The van der Waals surface area contributed by atoms with Gasteiger partial charge in [-0.15, -0.1) is 11.3 Å². The number of aliphatic hydroxyl groups excluding tert-OH is 1. The average molecular weight is 321 g/mol. The molecule has 0 aliphatic carbocycles. The number of aliphatic hydroxyl groups is 1. The van der Waals surface area contributed by atoms with Crippen molar-refractivity contribution in [3.8, 4) is 5.75 Å². The number of ether oxygens (including phenoxy) is 1. The fourth-order valence-corrected chi connectivity index (χ4v) is 2.52. The lowest BCUT2D eigenvalue weighted by Crippen LogP contribution is -2.44. The van der Waals surface area contributed by atoms with Crippen LogP contribution in [-0.2, 0) is 4.79 Å². The predicted octanol–water partition coefficient (Wildman–Crippen LogP) is 1.67. The van der Waals surface area contributed by atoms with Gasteiger partial charge in [0.25, 0.3) is 5.91 Å². The Kier molecular flexibility index (Phi) is 5.13. The van der Waals surface area contributed by atoms with E-state index in [0.717, 1.165) is 0 Å². The van der Waals surface area contributed by atoms with Crippen LogP contribution in [0.1, 0.15) is 21.3 Å². The van der Waals surface area contributed by atoms with E-state index in [1.807, 2.05) is 0 Å². The summed E-state index contributed by atoms with van der Waals surface area (Å²) < 4.78 is 5.00. The Balaban J connectivity index is 2.15. The second kappa shape index (κ2) is 7.06. The van der Waals surface area contributed by atoms with Gasteiger partial charge in [0.05, 0.1) is 12.0 Å². The molecule has 0 spiro atoms. The molecule has 22 heavy (non-hydrogen) atoms. The van der Waals surface area contributed by atoms with Gasteiger partial charge in [-0.2, -0.15) is 0 Å². The molecule has 2 aromatic rings. The summed E-state index contributed by atoms with van der Waals surface area (Å²) in [5.74, 6) is -1.26. The Bertz CT molecular complexity index is 638. The molecule has 0 fully saturated rings. The van der Waals surface area contributed by atoms with Crippen molar-refractivity contribution in [2.24, 2.45) is 0 Å². The molecule has 116 valence electrons. The number of hydrogen-bond donors (Lipinski definition) is 3. The second-order valence-electron chi connectivity index (χ2n) is 4.48. The number of hydrogen-bond acceptors (Lipinski definition) is 5. The SMILES string of the molecule is COc1ccc(C(O)C(NC(=O)c2cccs2)C(=O)O)cc1. The number of carbonyl (C=O) groups is 2. The number of carboxylic acid groups (broad SMARTS) is 1. The largest absolute Gasteiger partial charge is 0.497 e. The van der Waals surface area contributed by atoms with Crippen LogP contribution in [0.15, 0.2) is 41.8 Å². The van der Waals surface area contributed by atoms with E-state index in [9.17, 15) is 19.8 Å². The zero-order chi connectivity index (χ0) is 16.1. The van der Waals surface area contributed by atoms with Crippen LogP contribution in [0, 0.1) is 0 Å². The number of nitrogens with one attached hydrogen (secondary N) is 1. The number of carbonyl (C=O) groups excluding carboxylic acids is 1. The summed E-state index contributed by atoms with van der Waals surface area (Å²) in [4.78, 5) is 23.7.